The first-order valence-electron chi connectivity index (χ1n) is 7.15. The molecule has 0 aliphatic rings. The molecule has 0 radical (unpaired) electrons. The summed E-state index contributed by atoms with van der Waals surface area (Å²) in [5, 5.41) is 0.241. The van der Waals surface area contributed by atoms with Gasteiger partial charge in [-0.25, -0.2) is 0 Å². The van der Waals surface area contributed by atoms with Gasteiger partial charge >= 0.3 is 0 Å². The summed E-state index contributed by atoms with van der Waals surface area (Å²) >= 11 is 9.73. The molecule has 0 saturated heterocycles. The molecule has 0 aliphatic heterocycles. The van der Waals surface area contributed by atoms with E-state index in [4.69, 9.17) is 21.1 Å². The second kappa shape index (κ2) is 7.37. The van der Waals surface area contributed by atoms with Crippen molar-refractivity contribution in [1.29, 1.82) is 0 Å². The van der Waals surface area contributed by atoms with Crippen LogP contribution in [-0.2, 0) is 0 Å². The summed E-state index contributed by atoms with van der Waals surface area (Å²) in [6, 6.07) is 9.21. The molecule has 23 heavy (non-hydrogen) atoms. The number of ether oxygens (including phenoxy) is 2. The fourth-order valence-electron chi connectivity index (χ4n) is 2.30. The summed E-state index contributed by atoms with van der Waals surface area (Å²) in [5.41, 5.74) is 2.13. The second-order valence-electron chi connectivity index (χ2n) is 5.39. The molecule has 0 spiro atoms. The van der Waals surface area contributed by atoms with Gasteiger partial charge in [-0.05, 0) is 33.5 Å². The Morgan fingerprint density at radius 1 is 1.09 bits per heavy atom. The van der Waals surface area contributed by atoms with Crippen molar-refractivity contribution in [2.45, 2.75) is 19.8 Å². The van der Waals surface area contributed by atoms with Crippen LogP contribution in [-0.4, -0.2) is 20.0 Å². The monoisotopic (exact) mass is 396 g/mol. The van der Waals surface area contributed by atoms with Crippen LogP contribution >= 0.6 is 27.5 Å². The molecule has 0 amide bonds. The van der Waals surface area contributed by atoms with E-state index in [9.17, 15) is 4.79 Å². The molecule has 5 heteroatoms. The van der Waals surface area contributed by atoms with E-state index in [1.165, 1.54) is 19.8 Å². The Balaban J connectivity index is 2.49. The van der Waals surface area contributed by atoms with Crippen LogP contribution in [0.3, 0.4) is 0 Å². The highest BCUT2D eigenvalue weighted by Gasteiger charge is 2.22. The first-order chi connectivity index (χ1) is 10.9. The highest BCUT2D eigenvalue weighted by Crippen LogP contribution is 2.43. The third-order valence-corrected chi connectivity index (χ3v) is 4.59. The van der Waals surface area contributed by atoms with Crippen molar-refractivity contribution in [3.8, 4) is 11.5 Å². The lowest BCUT2D eigenvalue weighted by molar-refractivity contribution is 0.103. The third kappa shape index (κ3) is 3.54. The zero-order valence-electron chi connectivity index (χ0n) is 13.4. The number of methoxy groups -OCH3 is 2. The summed E-state index contributed by atoms with van der Waals surface area (Å²) in [7, 11) is 3.01. The molecule has 2 aromatic rings. The van der Waals surface area contributed by atoms with Crippen LogP contribution in [0.25, 0.3) is 0 Å². The normalized spacial score (nSPS) is 10.7. The summed E-state index contributed by atoms with van der Waals surface area (Å²) in [5.74, 6) is 1.06. The number of halogens is 2. The van der Waals surface area contributed by atoms with Gasteiger partial charge < -0.3 is 9.47 Å². The van der Waals surface area contributed by atoms with Gasteiger partial charge in [0, 0.05) is 11.1 Å². The average Bonchev–Trinajstić information content (AvgIpc) is 2.55. The van der Waals surface area contributed by atoms with E-state index < -0.39 is 0 Å². The lowest BCUT2D eigenvalue weighted by atomic mass is 9.98. The Kier molecular flexibility index (Phi) is 5.71. The van der Waals surface area contributed by atoms with Gasteiger partial charge in [-0.15, -0.1) is 0 Å². The molecule has 0 unspecified atom stereocenters. The summed E-state index contributed by atoms with van der Waals surface area (Å²) in [6.07, 6.45) is 0. The molecular weight excluding hydrogens is 380 g/mol. The molecule has 2 aromatic carbocycles. The zero-order chi connectivity index (χ0) is 17.1. The van der Waals surface area contributed by atoms with Gasteiger partial charge in [0.1, 0.15) is 0 Å². The smallest absolute Gasteiger partial charge is 0.194 e. The van der Waals surface area contributed by atoms with Crippen LogP contribution < -0.4 is 9.47 Å². The Bertz CT molecular complexity index is 724. The summed E-state index contributed by atoms with van der Waals surface area (Å²) in [6.45, 7) is 4.22. The van der Waals surface area contributed by atoms with Crippen LogP contribution in [0.15, 0.2) is 34.8 Å². The number of carbonyl (C=O) groups is 1. The topological polar surface area (TPSA) is 35.5 Å². The van der Waals surface area contributed by atoms with E-state index in [1.54, 1.807) is 6.07 Å². The van der Waals surface area contributed by atoms with Crippen molar-refractivity contribution in [2.24, 2.45) is 0 Å². The van der Waals surface area contributed by atoms with Crippen LogP contribution in [0.2, 0.25) is 5.02 Å². The number of hydrogen-bond donors (Lipinski definition) is 0. The Morgan fingerprint density at radius 3 is 2.13 bits per heavy atom. The minimum Gasteiger partial charge on any atom is -0.492 e. The van der Waals surface area contributed by atoms with Gasteiger partial charge in [0.05, 0.1) is 23.7 Å². The van der Waals surface area contributed by atoms with Crippen molar-refractivity contribution >= 4 is 33.3 Å². The van der Waals surface area contributed by atoms with E-state index in [1.807, 2.05) is 24.3 Å². The first kappa shape index (κ1) is 17.8. The molecule has 3 nitrogen and oxygen atoms in total. The molecule has 0 saturated carbocycles. The average molecular weight is 398 g/mol. The number of carbonyl (C=O) groups excluding carboxylic acids is 1. The largest absolute Gasteiger partial charge is 0.492 e. The zero-order valence-corrected chi connectivity index (χ0v) is 15.8. The highest BCUT2D eigenvalue weighted by molar-refractivity contribution is 9.10. The molecule has 0 atom stereocenters. The molecule has 122 valence electrons. The molecule has 0 heterocycles. The predicted octanol–water partition coefficient (Wildman–Crippen LogP) is 5.47. The quantitative estimate of drug-likeness (QED) is 0.627. The third-order valence-electron chi connectivity index (χ3n) is 3.62. The van der Waals surface area contributed by atoms with Gasteiger partial charge in [-0.2, -0.15) is 0 Å². The Morgan fingerprint density at radius 2 is 1.65 bits per heavy atom. The van der Waals surface area contributed by atoms with Crippen molar-refractivity contribution < 1.29 is 14.3 Å². The molecule has 0 fully saturated rings. The van der Waals surface area contributed by atoms with E-state index in [2.05, 4.69) is 29.8 Å². The van der Waals surface area contributed by atoms with Crippen molar-refractivity contribution in [3.63, 3.8) is 0 Å². The number of benzene rings is 2. The number of rotatable bonds is 5. The molecule has 0 aromatic heterocycles. The molecular formula is C18H18BrClO3. The maximum atomic E-state index is 12.8. The van der Waals surface area contributed by atoms with Gasteiger partial charge in [0.15, 0.2) is 17.3 Å². The fraction of sp³-hybridized carbons (Fsp3) is 0.278. The molecule has 0 N–H and O–H groups in total. The minimum atomic E-state index is -0.160. The molecule has 2 rings (SSSR count). The molecule has 0 aliphatic carbocycles. The standard InChI is InChI=1S/C18H18BrClO3/c1-10(2)11-5-7-12(8-6-11)16(21)13-9-14(19)17(22-3)18(23-4)15(13)20/h5-10H,1-4H3. The van der Waals surface area contributed by atoms with Crippen LogP contribution in [0.5, 0.6) is 11.5 Å². The maximum absolute atomic E-state index is 12.8. The Hall–Kier alpha value is -1.52. The van der Waals surface area contributed by atoms with Crippen LogP contribution in [0, 0.1) is 0 Å². The lowest BCUT2D eigenvalue weighted by Crippen LogP contribution is -2.05. The van der Waals surface area contributed by atoms with Crippen molar-refractivity contribution in [2.75, 3.05) is 14.2 Å². The SMILES string of the molecule is COc1c(Br)cc(C(=O)c2ccc(C(C)C)cc2)c(Cl)c1OC. The van der Waals surface area contributed by atoms with E-state index in [0.29, 0.717) is 33.0 Å². The van der Waals surface area contributed by atoms with E-state index in [-0.39, 0.29) is 10.8 Å². The van der Waals surface area contributed by atoms with Gasteiger partial charge in [0.25, 0.3) is 0 Å². The minimum absolute atomic E-state index is 0.160. The van der Waals surface area contributed by atoms with Crippen LogP contribution in [0.1, 0.15) is 41.3 Å². The highest BCUT2D eigenvalue weighted by atomic mass is 79.9. The fourth-order valence-corrected chi connectivity index (χ4v) is 3.17. The number of hydrogen-bond acceptors (Lipinski definition) is 3. The van der Waals surface area contributed by atoms with Crippen LogP contribution in [0.4, 0.5) is 0 Å². The van der Waals surface area contributed by atoms with E-state index >= 15 is 0 Å². The second-order valence-corrected chi connectivity index (χ2v) is 6.62. The molecule has 0 bridgehead atoms. The first-order valence-corrected chi connectivity index (χ1v) is 8.32. The lowest BCUT2D eigenvalue weighted by Gasteiger charge is -2.14. The van der Waals surface area contributed by atoms with E-state index in [0.717, 1.165) is 0 Å². The summed E-state index contributed by atoms with van der Waals surface area (Å²) < 4.78 is 11.2. The summed E-state index contributed by atoms with van der Waals surface area (Å²) in [4.78, 5) is 12.8. The predicted molar refractivity (Wildman–Crippen MR) is 96.2 cm³/mol. The van der Waals surface area contributed by atoms with Gasteiger partial charge in [-0.1, -0.05) is 49.7 Å². The van der Waals surface area contributed by atoms with Crippen molar-refractivity contribution in [1.82, 2.24) is 0 Å². The Labute approximate surface area is 149 Å². The van der Waals surface area contributed by atoms with Gasteiger partial charge in [-0.3, -0.25) is 4.79 Å². The van der Waals surface area contributed by atoms with Crippen molar-refractivity contribution in [3.05, 3.63) is 56.5 Å². The number of ketones is 1. The van der Waals surface area contributed by atoms with Gasteiger partial charge in [0.2, 0.25) is 0 Å². The maximum Gasteiger partial charge on any atom is 0.194 e.